The molecule has 2 rings (SSSR count). The third-order valence-corrected chi connectivity index (χ3v) is 3.01. The number of carbonyl (C=O) groups is 1. The second-order valence-electron chi connectivity index (χ2n) is 4.41. The Morgan fingerprint density at radius 1 is 1.24 bits per heavy atom. The van der Waals surface area contributed by atoms with Crippen LogP contribution in [0.15, 0.2) is 36.5 Å². The highest BCUT2D eigenvalue weighted by Gasteiger charge is 2.21. The molecule has 1 amide bonds. The van der Waals surface area contributed by atoms with Gasteiger partial charge in [-0.25, -0.2) is 13.8 Å². The Labute approximate surface area is 120 Å². The van der Waals surface area contributed by atoms with E-state index in [-0.39, 0.29) is 18.7 Å². The molecule has 0 bridgehead atoms. The maximum Gasteiger partial charge on any atom is 0.257 e. The van der Waals surface area contributed by atoms with Crippen molar-refractivity contribution in [3.8, 4) is 0 Å². The van der Waals surface area contributed by atoms with E-state index in [1.54, 1.807) is 13.0 Å². The number of halogens is 3. The number of rotatable bonds is 4. The lowest BCUT2D eigenvalue weighted by atomic mass is 10.1. The summed E-state index contributed by atoms with van der Waals surface area (Å²) < 4.78 is 39.8. The molecule has 0 fully saturated rings. The molecule has 1 heterocycles. The maximum absolute atomic E-state index is 13.6. The highest BCUT2D eigenvalue weighted by molar-refractivity contribution is 5.94. The van der Waals surface area contributed by atoms with E-state index in [4.69, 9.17) is 0 Å². The Morgan fingerprint density at radius 3 is 2.67 bits per heavy atom. The molecule has 0 unspecified atom stereocenters. The van der Waals surface area contributed by atoms with Gasteiger partial charge in [0, 0.05) is 19.3 Å². The van der Waals surface area contributed by atoms with Gasteiger partial charge in [-0.05, 0) is 30.7 Å². The average Bonchev–Trinajstić information content (AvgIpc) is 2.47. The second-order valence-corrected chi connectivity index (χ2v) is 4.41. The van der Waals surface area contributed by atoms with Gasteiger partial charge in [-0.3, -0.25) is 4.79 Å². The first-order chi connectivity index (χ1) is 10.0. The van der Waals surface area contributed by atoms with Gasteiger partial charge in [-0.2, -0.15) is 4.39 Å². The summed E-state index contributed by atoms with van der Waals surface area (Å²) in [5.41, 5.74) is 0.181. The molecule has 0 saturated carbocycles. The van der Waals surface area contributed by atoms with Gasteiger partial charge in [-0.15, -0.1) is 0 Å². The van der Waals surface area contributed by atoms with Crippen LogP contribution in [0.2, 0.25) is 0 Å². The lowest BCUT2D eigenvalue weighted by molar-refractivity contribution is 0.0746. The van der Waals surface area contributed by atoms with Gasteiger partial charge in [0.05, 0.1) is 5.56 Å². The summed E-state index contributed by atoms with van der Waals surface area (Å²) in [7, 11) is 0. The van der Waals surface area contributed by atoms with Gasteiger partial charge in [0.25, 0.3) is 5.91 Å². The van der Waals surface area contributed by atoms with Gasteiger partial charge in [-0.1, -0.05) is 12.1 Å². The lowest BCUT2D eigenvalue weighted by Gasteiger charge is -2.21. The van der Waals surface area contributed by atoms with Crippen molar-refractivity contribution in [3.05, 3.63) is 65.2 Å². The number of aromatic nitrogens is 1. The number of hydrogen-bond acceptors (Lipinski definition) is 2. The van der Waals surface area contributed by atoms with Crippen molar-refractivity contribution in [1.82, 2.24) is 9.88 Å². The Bertz CT molecular complexity index is 661. The molecular weight excluding hydrogens is 281 g/mol. The van der Waals surface area contributed by atoms with Crippen molar-refractivity contribution in [3.63, 3.8) is 0 Å². The van der Waals surface area contributed by atoms with E-state index in [0.29, 0.717) is 5.56 Å². The molecule has 1 aromatic heterocycles. The summed E-state index contributed by atoms with van der Waals surface area (Å²) in [6.45, 7) is 2.09. The second kappa shape index (κ2) is 6.39. The lowest BCUT2D eigenvalue weighted by Crippen LogP contribution is -2.31. The van der Waals surface area contributed by atoms with E-state index < -0.39 is 23.5 Å². The molecule has 6 heteroatoms. The maximum atomic E-state index is 13.6. The Hall–Kier alpha value is -2.37. The fourth-order valence-corrected chi connectivity index (χ4v) is 1.94. The molecule has 0 saturated heterocycles. The third-order valence-electron chi connectivity index (χ3n) is 3.01. The van der Waals surface area contributed by atoms with Crippen LogP contribution in [0, 0.1) is 17.6 Å². The molecule has 1 aromatic carbocycles. The van der Waals surface area contributed by atoms with Crippen molar-refractivity contribution in [1.29, 1.82) is 0 Å². The number of nitrogens with zero attached hydrogens (tertiary/aromatic N) is 2. The number of amides is 1. The van der Waals surface area contributed by atoms with E-state index in [1.165, 1.54) is 23.1 Å². The van der Waals surface area contributed by atoms with Crippen molar-refractivity contribution in [2.24, 2.45) is 0 Å². The highest BCUT2D eigenvalue weighted by Crippen LogP contribution is 2.14. The predicted molar refractivity (Wildman–Crippen MR) is 71.0 cm³/mol. The first kappa shape index (κ1) is 15.0. The van der Waals surface area contributed by atoms with E-state index in [0.717, 1.165) is 12.3 Å². The SMILES string of the molecule is CCN(Cc1cccc(F)c1)C(=O)c1ccnc(F)c1F. The summed E-state index contributed by atoms with van der Waals surface area (Å²) in [4.78, 5) is 16.7. The van der Waals surface area contributed by atoms with Crippen molar-refractivity contribution < 1.29 is 18.0 Å². The van der Waals surface area contributed by atoms with E-state index in [9.17, 15) is 18.0 Å². The minimum atomic E-state index is -1.32. The number of carbonyl (C=O) groups excluding carboxylic acids is 1. The fourth-order valence-electron chi connectivity index (χ4n) is 1.94. The van der Waals surface area contributed by atoms with Crippen molar-refractivity contribution in [2.45, 2.75) is 13.5 Å². The molecule has 0 aliphatic carbocycles. The largest absolute Gasteiger partial charge is 0.335 e. The Kier molecular flexibility index (Phi) is 4.57. The van der Waals surface area contributed by atoms with E-state index in [2.05, 4.69) is 4.98 Å². The van der Waals surface area contributed by atoms with Crippen LogP contribution in [-0.4, -0.2) is 22.3 Å². The zero-order valence-corrected chi connectivity index (χ0v) is 11.3. The van der Waals surface area contributed by atoms with Crippen LogP contribution in [0.3, 0.4) is 0 Å². The van der Waals surface area contributed by atoms with Crippen LogP contribution in [0.25, 0.3) is 0 Å². The predicted octanol–water partition coefficient (Wildman–Crippen LogP) is 3.16. The summed E-state index contributed by atoms with van der Waals surface area (Å²) in [5, 5.41) is 0. The van der Waals surface area contributed by atoms with Gasteiger partial charge in [0.15, 0.2) is 5.82 Å². The van der Waals surface area contributed by atoms with Gasteiger partial charge < -0.3 is 4.90 Å². The van der Waals surface area contributed by atoms with E-state index in [1.807, 2.05) is 0 Å². The molecule has 2 aromatic rings. The van der Waals surface area contributed by atoms with Crippen molar-refractivity contribution in [2.75, 3.05) is 6.54 Å². The summed E-state index contributed by atoms with van der Waals surface area (Å²) in [5.74, 6) is -3.68. The molecule has 0 atom stereocenters. The zero-order valence-electron chi connectivity index (χ0n) is 11.3. The van der Waals surface area contributed by atoms with Crippen LogP contribution in [0.1, 0.15) is 22.8 Å². The molecule has 0 N–H and O–H groups in total. The number of pyridine rings is 1. The molecular formula is C15H13F3N2O. The Balaban J connectivity index is 2.25. The van der Waals surface area contributed by atoms with E-state index >= 15 is 0 Å². The van der Waals surface area contributed by atoms with Crippen LogP contribution >= 0.6 is 0 Å². The smallest absolute Gasteiger partial charge is 0.257 e. The van der Waals surface area contributed by atoms with Crippen LogP contribution < -0.4 is 0 Å². The average molecular weight is 294 g/mol. The first-order valence-corrected chi connectivity index (χ1v) is 6.36. The standard InChI is InChI=1S/C15H13F3N2O/c1-2-20(9-10-4-3-5-11(16)8-10)15(21)12-6-7-19-14(18)13(12)17/h3-8H,2,9H2,1H3. The third kappa shape index (κ3) is 3.39. The zero-order chi connectivity index (χ0) is 15.4. The van der Waals surface area contributed by atoms with Crippen LogP contribution in [0.5, 0.6) is 0 Å². The number of hydrogen-bond donors (Lipinski definition) is 0. The molecule has 3 nitrogen and oxygen atoms in total. The van der Waals surface area contributed by atoms with Gasteiger partial charge in [0.2, 0.25) is 5.95 Å². The first-order valence-electron chi connectivity index (χ1n) is 6.36. The van der Waals surface area contributed by atoms with Gasteiger partial charge >= 0.3 is 0 Å². The quantitative estimate of drug-likeness (QED) is 0.812. The molecule has 0 aliphatic rings. The number of benzene rings is 1. The summed E-state index contributed by atoms with van der Waals surface area (Å²) in [6, 6.07) is 6.88. The highest BCUT2D eigenvalue weighted by atomic mass is 19.2. The molecule has 21 heavy (non-hydrogen) atoms. The van der Waals surface area contributed by atoms with Crippen molar-refractivity contribution >= 4 is 5.91 Å². The normalized spacial score (nSPS) is 10.5. The topological polar surface area (TPSA) is 33.2 Å². The molecule has 110 valence electrons. The Morgan fingerprint density at radius 2 is 2.00 bits per heavy atom. The van der Waals surface area contributed by atoms with Gasteiger partial charge in [0.1, 0.15) is 5.82 Å². The molecule has 0 spiro atoms. The fraction of sp³-hybridized carbons (Fsp3) is 0.200. The summed E-state index contributed by atoms with van der Waals surface area (Å²) in [6.07, 6.45) is 1.03. The van der Waals surface area contributed by atoms with Crippen LogP contribution in [-0.2, 0) is 6.54 Å². The monoisotopic (exact) mass is 294 g/mol. The van der Waals surface area contributed by atoms with Crippen LogP contribution in [0.4, 0.5) is 13.2 Å². The molecule has 0 aliphatic heterocycles. The molecule has 0 radical (unpaired) electrons. The minimum absolute atomic E-state index is 0.108. The summed E-state index contributed by atoms with van der Waals surface area (Å²) >= 11 is 0. The minimum Gasteiger partial charge on any atom is -0.335 e.